The molecular formula is C21H23N3O2. The topological polar surface area (TPSA) is 56.7 Å². The summed E-state index contributed by atoms with van der Waals surface area (Å²) in [7, 11) is 3.72. The van der Waals surface area contributed by atoms with Crippen LogP contribution in [0.5, 0.6) is 0 Å². The van der Waals surface area contributed by atoms with Crippen molar-refractivity contribution in [3.8, 4) is 0 Å². The number of benzene rings is 2. The number of aromatic nitrogens is 1. The summed E-state index contributed by atoms with van der Waals surface area (Å²) in [4.78, 5) is 20.6. The zero-order valence-electron chi connectivity index (χ0n) is 15.1. The van der Waals surface area contributed by atoms with Gasteiger partial charge in [-0.3, -0.25) is 9.78 Å². The van der Waals surface area contributed by atoms with Gasteiger partial charge in [-0.1, -0.05) is 18.2 Å². The third kappa shape index (κ3) is 3.83. The number of anilines is 1. The Morgan fingerprint density at radius 3 is 2.58 bits per heavy atom. The van der Waals surface area contributed by atoms with Gasteiger partial charge in [0.15, 0.2) is 0 Å². The van der Waals surface area contributed by atoms with Crippen molar-refractivity contribution >= 4 is 22.4 Å². The average Bonchev–Trinajstić information content (AvgIpc) is 2.68. The normalized spacial score (nSPS) is 10.7. The molecule has 26 heavy (non-hydrogen) atoms. The maximum absolute atomic E-state index is 12.8. The highest BCUT2D eigenvalue weighted by Crippen LogP contribution is 2.20. The van der Waals surface area contributed by atoms with Crippen molar-refractivity contribution < 1.29 is 9.90 Å². The van der Waals surface area contributed by atoms with Crippen molar-refractivity contribution in [2.24, 2.45) is 0 Å². The predicted octanol–water partition coefficient (Wildman–Crippen LogP) is 2.94. The van der Waals surface area contributed by atoms with Crippen LogP contribution in [0.3, 0.4) is 0 Å². The van der Waals surface area contributed by atoms with Crippen molar-refractivity contribution in [3.63, 3.8) is 0 Å². The number of rotatable bonds is 6. The molecule has 2 aromatic carbocycles. The minimum atomic E-state index is -0.0209. The van der Waals surface area contributed by atoms with Crippen LogP contribution in [0.15, 0.2) is 60.9 Å². The Bertz CT molecular complexity index is 888. The van der Waals surface area contributed by atoms with Crippen LogP contribution in [-0.2, 0) is 6.54 Å². The zero-order chi connectivity index (χ0) is 18.5. The van der Waals surface area contributed by atoms with Crippen LogP contribution in [0.2, 0.25) is 0 Å². The van der Waals surface area contributed by atoms with E-state index in [1.54, 1.807) is 11.1 Å². The Morgan fingerprint density at radius 2 is 1.85 bits per heavy atom. The molecule has 1 aromatic heterocycles. The molecule has 3 rings (SSSR count). The van der Waals surface area contributed by atoms with E-state index in [0.717, 1.165) is 22.0 Å². The fraction of sp³-hybridized carbons (Fsp3) is 0.238. The van der Waals surface area contributed by atoms with E-state index in [1.807, 2.05) is 73.7 Å². The fourth-order valence-electron chi connectivity index (χ4n) is 3.01. The predicted molar refractivity (Wildman–Crippen MR) is 104 cm³/mol. The number of amides is 1. The number of aliphatic hydroxyl groups is 1. The van der Waals surface area contributed by atoms with Crippen LogP contribution < -0.4 is 4.90 Å². The summed E-state index contributed by atoms with van der Waals surface area (Å²) in [5.41, 5.74) is 2.72. The maximum Gasteiger partial charge on any atom is 0.253 e. The van der Waals surface area contributed by atoms with E-state index in [1.165, 1.54) is 0 Å². The molecule has 0 atom stereocenters. The largest absolute Gasteiger partial charge is 0.395 e. The van der Waals surface area contributed by atoms with E-state index >= 15 is 0 Å². The molecule has 0 bridgehead atoms. The maximum atomic E-state index is 12.8. The highest BCUT2D eigenvalue weighted by molar-refractivity contribution is 5.94. The first-order chi connectivity index (χ1) is 12.6. The van der Waals surface area contributed by atoms with Crippen LogP contribution in [0.25, 0.3) is 10.8 Å². The minimum absolute atomic E-state index is 0.0209. The van der Waals surface area contributed by atoms with Crippen molar-refractivity contribution in [1.82, 2.24) is 9.88 Å². The number of carbonyl (C=O) groups is 1. The van der Waals surface area contributed by atoms with Gasteiger partial charge in [0.2, 0.25) is 0 Å². The molecule has 3 aromatic rings. The van der Waals surface area contributed by atoms with Crippen LogP contribution in [0.4, 0.5) is 5.69 Å². The Hall–Kier alpha value is -2.92. The molecule has 0 unspecified atom stereocenters. The van der Waals surface area contributed by atoms with Crippen molar-refractivity contribution in [1.29, 1.82) is 0 Å². The number of carbonyl (C=O) groups excluding carboxylic acids is 1. The zero-order valence-corrected chi connectivity index (χ0v) is 15.1. The third-order valence-electron chi connectivity index (χ3n) is 4.52. The van der Waals surface area contributed by atoms with Crippen molar-refractivity contribution in [2.75, 3.05) is 32.1 Å². The average molecular weight is 349 g/mol. The van der Waals surface area contributed by atoms with Crippen LogP contribution in [0.1, 0.15) is 15.9 Å². The fourth-order valence-corrected chi connectivity index (χ4v) is 3.01. The molecule has 1 N–H and O–H groups in total. The number of likely N-dealkylation sites (N-methyl/N-ethyl adjacent to an activating group) is 1. The van der Waals surface area contributed by atoms with Crippen LogP contribution >= 0.6 is 0 Å². The second-order valence-electron chi connectivity index (χ2n) is 6.37. The lowest BCUT2D eigenvalue weighted by atomic mass is 10.1. The summed E-state index contributed by atoms with van der Waals surface area (Å²) in [6.07, 6.45) is 3.61. The molecule has 0 aliphatic heterocycles. The number of hydrogen-bond acceptors (Lipinski definition) is 4. The number of hydrogen-bond donors (Lipinski definition) is 1. The van der Waals surface area contributed by atoms with Crippen molar-refractivity contribution in [2.45, 2.75) is 6.54 Å². The molecule has 134 valence electrons. The lowest BCUT2D eigenvalue weighted by Gasteiger charge is -2.20. The summed E-state index contributed by atoms with van der Waals surface area (Å²) in [6, 6.07) is 15.5. The summed E-state index contributed by atoms with van der Waals surface area (Å²) in [5.74, 6) is -0.0209. The SMILES string of the molecule is CN(Cc1cccc2cnccc12)C(=O)c1ccc(N(C)CCO)cc1. The molecule has 0 saturated carbocycles. The molecule has 5 nitrogen and oxygen atoms in total. The second-order valence-corrected chi connectivity index (χ2v) is 6.37. The van der Waals surface area contributed by atoms with Gasteiger partial charge in [-0.05, 0) is 41.3 Å². The molecule has 0 saturated heterocycles. The van der Waals surface area contributed by atoms with E-state index in [9.17, 15) is 4.79 Å². The highest BCUT2D eigenvalue weighted by atomic mass is 16.3. The molecule has 1 amide bonds. The number of aliphatic hydroxyl groups excluding tert-OH is 1. The summed E-state index contributed by atoms with van der Waals surface area (Å²) in [6.45, 7) is 1.19. The summed E-state index contributed by atoms with van der Waals surface area (Å²) >= 11 is 0. The van der Waals surface area contributed by atoms with Gasteiger partial charge in [-0.15, -0.1) is 0 Å². The molecule has 0 spiro atoms. The first kappa shape index (κ1) is 17.9. The number of nitrogens with zero attached hydrogens (tertiary/aromatic N) is 3. The van der Waals surface area contributed by atoms with Crippen LogP contribution in [-0.4, -0.2) is 48.1 Å². The third-order valence-corrected chi connectivity index (χ3v) is 4.52. The summed E-state index contributed by atoms with van der Waals surface area (Å²) in [5, 5.41) is 11.2. The Labute approximate surface area is 153 Å². The molecule has 0 fully saturated rings. The quantitative estimate of drug-likeness (QED) is 0.743. The Balaban J connectivity index is 1.75. The van der Waals surface area contributed by atoms with E-state index < -0.39 is 0 Å². The first-order valence-corrected chi connectivity index (χ1v) is 8.59. The first-order valence-electron chi connectivity index (χ1n) is 8.59. The van der Waals surface area contributed by atoms with Gasteiger partial charge in [0.25, 0.3) is 5.91 Å². The van der Waals surface area contributed by atoms with E-state index in [-0.39, 0.29) is 12.5 Å². The Kier molecular flexibility index (Phi) is 5.49. The molecule has 5 heteroatoms. The molecular weight excluding hydrogens is 326 g/mol. The van der Waals surface area contributed by atoms with Gasteiger partial charge in [0.05, 0.1) is 6.61 Å². The standard InChI is InChI=1S/C21H23N3O2/c1-23(12-13-25)19-8-6-16(7-9-19)21(26)24(2)15-18-5-3-4-17-14-22-11-10-20(17)18/h3-11,14,25H,12-13,15H2,1-2H3. The lowest BCUT2D eigenvalue weighted by molar-refractivity contribution is 0.0785. The van der Waals surface area contributed by atoms with Gasteiger partial charge >= 0.3 is 0 Å². The molecule has 0 aliphatic carbocycles. The van der Waals surface area contributed by atoms with E-state index in [4.69, 9.17) is 5.11 Å². The molecule has 0 radical (unpaired) electrons. The van der Waals surface area contributed by atoms with Gasteiger partial charge < -0.3 is 14.9 Å². The lowest BCUT2D eigenvalue weighted by Crippen LogP contribution is -2.26. The summed E-state index contributed by atoms with van der Waals surface area (Å²) < 4.78 is 0. The van der Waals surface area contributed by atoms with Gasteiger partial charge in [-0.25, -0.2) is 0 Å². The smallest absolute Gasteiger partial charge is 0.253 e. The highest BCUT2D eigenvalue weighted by Gasteiger charge is 2.13. The van der Waals surface area contributed by atoms with Gasteiger partial charge in [0, 0.05) is 56.2 Å². The number of pyridine rings is 1. The van der Waals surface area contributed by atoms with E-state index in [0.29, 0.717) is 18.7 Å². The van der Waals surface area contributed by atoms with Gasteiger partial charge in [-0.2, -0.15) is 0 Å². The second kappa shape index (κ2) is 7.97. The monoisotopic (exact) mass is 349 g/mol. The van der Waals surface area contributed by atoms with Crippen LogP contribution in [0, 0.1) is 0 Å². The number of fused-ring (bicyclic) bond motifs is 1. The minimum Gasteiger partial charge on any atom is -0.395 e. The van der Waals surface area contributed by atoms with E-state index in [2.05, 4.69) is 4.98 Å². The van der Waals surface area contributed by atoms with Gasteiger partial charge in [0.1, 0.15) is 0 Å². The Morgan fingerprint density at radius 1 is 1.08 bits per heavy atom. The van der Waals surface area contributed by atoms with Crippen molar-refractivity contribution in [3.05, 3.63) is 72.1 Å². The molecule has 1 heterocycles. The molecule has 0 aliphatic rings.